The maximum absolute atomic E-state index is 11.9. The third kappa shape index (κ3) is 6.42. The highest BCUT2D eigenvalue weighted by atomic mass is 16.5. The van der Waals surface area contributed by atoms with Gasteiger partial charge in [0, 0.05) is 24.1 Å². The number of nitrogens with one attached hydrogen (secondary N) is 2. The SMILES string of the molecule is N#C/C(=C/NCCOCCO)C(=O)Nc1ccc(N)cc1. The number of hydrogen-bond donors (Lipinski definition) is 4. The molecule has 0 aliphatic rings. The molecule has 0 spiro atoms. The number of ether oxygens (including phenoxy) is 1. The normalized spacial score (nSPS) is 10.8. The Bertz CT molecular complexity index is 520. The van der Waals surface area contributed by atoms with Crippen molar-refractivity contribution in [3.63, 3.8) is 0 Å². The van der Waals surface area contributed by atoms with E-state index in [1.807, 2.05) is 6.07 Å². The number of carbonyl (C=O) groups is 1. The molecule has 7 heteroatoms. The molecule has 7 nitrogen and oxygen atoms in total. The molecule has 0 atom stereocenters. The van der Waals surface area contributed by atoms with Gasteiger partial charge in [0.25, 0.3) is 5.91 Å². The highest BCUT2D eigenvalue weighted by Crippen LogP contribution is 2.11. The molecular formula is C14H18N4O3. The van der Waals surface area contributed by atoms with Gasteiger partial charge in [-0.2, -0.15) is 5.26 Å². The first kappa shape index (κ1) is 16.5. The van der Waals surface area contributed by atoms with E-state index in [2.05, 4.69) is 10.6 Å². The second-order valence-electron chi connectivity index (χ2n) is 4.04. The maximum Gasteiger partial charge on any atom is 0.267 e. The summed E-state index contributed by atoms with van der Waals surface area (Å²) in [5.74, 6) is -0.508. The summed E-state index contributed by atoms with van der Waals surface area (Å²) in [6.07, 6.45) is 1.33. The van der Waals surface area contributed by atoms with Gasteiger partial charge >= 0.3 is 0 Å². The first-order chi connectivity index (χ1) is 10.2. The van der Waals surface area contributed by atoms with Crippen molar-refractivity contribution in [3.8, 4) is 6.07 Å². The van der Waals surface area contributed by atoms with Gasteiger partial charge in [0.2, 0.25) is 0 Å². The van der Waals surface area contributed by atoms with Crippen LogP contribution in [0.2, 0.25) is 0 Å². The summed E-state index contributed by atoms with van der Waals surface area (Å²) in [5, 5.41) is 22.9. The molecule has 5 N–H and O–H groups in total. The van der Waals surface area contributed by atoms with Gasteiger partial charge in [0.15, 0.2) is 0 Å². The summed E-state index contributed by atoms with van der Waals surface area (Å²) in [6.45, 7) is 1.02. The predicted molar refractivity (Wildman–Crippen MR) is 79.1 cm³/mol. The van der Waals surface area contributed by atoms with Gasteiger partial charge in [0.05, 0.1) is 19.8 Å². The minimum absolute atomic E-state index is 0.0384. The van der Waals surface area contributed by atoms with Crippen molar-refractivity contribution in [1.29, 1.82) is 5.26 Å². The van der Waals surface area contributed by atoms with E-state index >= 15 is 0 Å². The number of nitriles is 1. The van der Waals surface area contributed by atoms with E-state index in [0.29, 0.717) is 24.5 Å². The number of nitrogen functional groups attached to an aromatic ring is 1. The molecule has 0 bridgehead atoms. The minimum atomic E-state index is -0.508. The van der Waals surface area contributed by atoms with Crippen molar-refractivity contribution in [2.24, 2.45) is 0 Å². The monoisotopic (exact) mass is 290 g/mol. The molecule has 112 valence electrons. The lowest BCUT2D eigenvalue weighted by Gasteiger charge is -2.05. The van der Waals surface area contributed by atoms with Crippen LogP contribution in [-0.4, -0.2) is 37.4 Å². The molecule has 0 heterocycles. The number of nitrogens with two attached hydrogens (primary N) is 1. The van der Waals surface area contributed by atoms with Crippen LogP contribution in [0.25, 0.3) is 0 Å². The van der Waals surface area contributed by atoms with E-state index in [-0.39, 0.29) is 18.8 Å². The lowest BCUT2D eigenvalue weighted by molar-refractivity contribution is -0.112. The quantitative estimate of drug-likeness (QED) is 0.235. The first-order valence-electron chi connectivity index (χ1n) is 6.36. The van der Waals surface area contributed by atoms with E-state index in [1.54, 1.807) is 24.3 Å². The summed E-state index contributed by atoms with van der Waals surface area (Å²) in [7, 11) is 0. The van der Waals surface area contributed by atoms with Crippen molar-refractivity contribution in [3.05, 3.63) is 36.0 Å². The van der Waals surface area contributed by atoms with Crippen molar-refractivity contribution in [2.75, 3.05) is 37.4 Å². The van der Waals surface area contributed by atoms with Gasteiger partial charge < -0.3 is 26.2 Å². The van der Waals surface area contributed by atoms with E-state index in [1.165, 1.54) is 6.20 Å². The van der Waals surface area contributed by atoms with Crippen LogP contribution in [-0.2, 0) is 9.53 Å². The molecule has 1 rings (SSSR count). The Morgan fingerprint density at radius 3 is 2.71 bits per heavy atom. The third-order valence-electron chi connectivity index (χ3n) is 2.41. The average molecular weight is 290 g/mol. The van der Waals surface area contributed by atoms with Gasteiger partial charge in [-0.15, -0.1) is 0 Å². The highest BCUT2D eigenvalue weighted by molar-refractivity contribution is 6.06. The zero-order valence-corrected chi connectivity index (χ0v) is 11.5. The Hall–Kier alpha value is -2.56. The standard InChI is InChI=1S/C14H18N4O3/c15-9-11(10-17-5-7-21-8-6-19)14(20)18-13-3-1-12(16)2-4-13/h1-4,10,17,19H,5-8,16H2,(H,18,20)/b11-10-. The smallest absolute Gasteiger partial charge is 0.267 e. The summed E-state index contributed by atoms with van der Waals surface area (Å²) >= 11 is 0. The zero-order valence-electron chi connectivity index (χ0n) is 11.5. The average Bonchev–Trinajstić information content (AvgIpc) is 2.49. The number of carbonyl (C=O) groups excluding carboxylic acids is 1. The van der Waals surface area contributed by atoms with Crippen molar-refractivity contribution >= 4 is 17.3 Å². The lowest BCUT2D eigenvalue weighted by atomic mass is 10.2. The van der Waals surface area contributed by atoms with Crippen LogP contribution in [0.15, 0.2) is 36.0 Å². The Morgan fingerprint density at radius 2 is 2.10 bits per heavy atom. The summed E-state index contributed by atoms with van der Waals surface area (Å²) < 4.78 is 5.03. The van der Waals surface area contributed by atoms with Crippen LogP contribution < -0.4 is 16.4 Å². The number of nitrogens with zero attached hydrogens (tertiary/aromatic N) is 1. The number of anilines is 2. The Labute approximate surface area is 123 Å². The molecule has 0 saturated carbocycles. The number of amides is 1. The summed E-state index contributed by atoms with van der Waals surface area (Å²) in [6, 6.07) is 8.43. The van der Waals surface area contributed by atoms with Crippen molar-refractivity contribution < 1.29 is 14.6 Å². The largest absolute Gasteiger partial charge is 0.399 e. The fourth-order valence-electron chi connectivity index (χ4n) is 1.39. The van der Waals surface area contributed by atoms with Crippen LogP contribution in [0, 0.1) is 11.3 Å². The molecular weight excluding hydrogens is 272 g/mol. The van der Waals surface area contributed by atoms with E-state index in [0.717, 1.165) is 0 Å². The van der Waals surface area contributed by atoms with Crippen LogP contribution in [0.5, 0.6) is 0 Å². The number of rotatable bonds is 8. The molecule has 0 radical (unpaired) electrons. The summed E-state index contributed by atoms with van der Waals surface area (Å²) in [5.41, 5.74) is 6.65. The highest BCUT2D eigenvalue weighted by Gasteiger charge is 2.08. The van der Waals surface area contributed by atoms with E-state index < -0.39 is 5.91 Å². The van der Waals surface area contributed by atoms with Gasteiger partial charge in [0.1, 0.15) is 11.6 Å². The molecule has 1 amide bonds. The van der Waals surface area contributed by atoms with Crippen LogP contribution in [0.1, 0.15) is 0 Å². The van der Waals surface area contributed by atoms with Gasteiger partial charge in [-0.25, -0.2) is 0 Å². The maximum atomic E-state index is 11.9. The molecule has 0 aliphatic carbocycles. The summed E-state index contributed by atoms with van der Waals surface area (Å²) in [4.78, 5) is 11.9. The minimum Gasteiger partial charge on any atom is -0.399 e. The third-order valence-corrected chi connectivity index (χ3v) is 2.41. The number of aliphatic hydroxyl groups excluding tert-OH is 1. The fourth-order valence-corrected chi connectivity index (χ4v) is 1.39. The van der Waals surface area contributed by atoms with Crippen LogP contribution >= 0.6 is 0 Å². The second kappa shape index (κ2) is 9.36. The first-order valence-corrected chi connectivity index (χ1v) is 6.36. The molecule has 0 fully saturated rings. The lowest BCUT2D eigenvalue weighted by Crippen LogP contribution is -2.19. The number of benzene rings is 1. The predicted octanol–water partition coefficient (Wildman–Crippen LogP) is 0.213. The van der Waals surface area contributed by atoms with Crippen LogP contribution in [0.3, 0.4) is 0 Å². The topological polar surface area (TPSA) is 120 Å². The molecule has 0 aliphatic heterocycles. The van der Waals surface area contributed by atoms with E-state index in [4.69, 9.17) is 20.8 Å². The molecule has 21 heavy (non-hydrogen) atoms. The fraction of sp³-hybridized carbons (Fsp3) is 0.286. The van der Waals surface area contributed by atoms with Crippen molar-refractivity contribution in [2.45, 2.75) is 0 Å². The van der Waals surface area contributed by atoms with Gasteiger partial charge in [-0.05, 0) is 24.3 Å². The Kier molecular flexibility index (Phi) is 7.35. The molecule has 0 unspecified atom stereocenters. The Balaban J connectivity index is 2.45. The molecule has 1 aromatic rings. The Morgan fingerprint density at radius 1 is 1.38 bits per heavy atom. The van der Waals surface area contributed by atoms with Gasteiger partial charge in [-0.1, -0.05) is 0 Å². The second-order valence-corrected chi connectivity index (χ2v) is 4.04. The van der Waals surface area contributed by atoms with Gasteiger partial charge in [-0.3, -0.25) is 4.79 Å². The van der Waals surface area contributed by atoms with Crippen LogP contribution in [0.4, 0.5) is 11.4 Å². The molecule has 1 aromatic carbocycles. The number of hydrogen-bond acceptors (Lipinski definition) is 6. The zero-order chi connectivity index (χ0) is 15.5. The van der Waals surface area contributed by atoms with Crippen molar-refractivity contribution in [1.82, 2.24) is 5.32 Å². The number of aliphatic hydroxyl groups is 1. The van der Waals surface area contributed by atoms with E-state index in [9.17, 15) is 4.79 Å². The molecule has 0 aromatic heterocycles. The molecule has 0 saturated heterocycles.